The van der Waals surface area contributed by atoms with Crippen LogP contribution in [0.15, 0.2) is 36.7 Å². The molecule has 1 aromatic carbocycles. The minimum absolute atomic E-state index is 0.413. The zero-order valence-corrected chi connectivity index (χ0v) is 13.1. The standard InChI is InChI=1S/C15H13IN2O2/c1-2-19-14-7-12(8-17)6-13(16)15(14)20-10-11-4-3-5-18-9-11/h3-7,9H,2,10H2,1H3. The summed E-state index contributed by atoms with van der Waals surface area (Å²) in [5.41, 5.74) is 1.54. The highest BCUT2D eigenvalue weighted by atomic mass is 127. The van der Waals surface area contributed by atoms with Crippen molar-refractivity contribution in [1.82, 2.24) is 4.98 Å². The lowest BCUT2D eigenvalue weighted by atomic mass is 10.2. The van der Waals surface area contributed by atoms with Crippen LogP contribution < -0.4 is 9.47 Å². The Morgan fingerprint density at radius 1 is 1.35 bits per heavy atom. The van der Waals surface area contributed by atoms with E-state index < -0.39 is 0 Å². The lowest BCUT2D eigenvalue weighted by molar-refractivity contribution is 0.267. The summed E-state index contributed by atoms with van der Waals surface area (Å²) in [5.74, 6) is 1.26. The fraction of sp³-hybridized carbons (Fsp3) is 0.200. The van der Waals surface area contributed by atoms with Gasteiger partial charge < -0.3 is 9.47 Å². The molecule has 0 aliphatic carbocycles. The molecule has 1 heterocycles. The van der Waals surface area contributed by atoms with Gasteiger partial charge in [-0.05, 0) is 41.6 Å². The smallest absolute Gasteiger partial charge is 0.175 e. The Morgan fingerprint density at radius 3 is 2.85 bits per heavy atom. The third kappa shape index (κ3) is 3.61. The molecule has 2 rings (SSSR count). The van der Waals surface area contributed by atoms with Crippen LogP contribution in [0.5, 0.6) is 11.5 Å². The molecule has 0 aliphatic heterocycles. The molecule has 0 amide bonds. The molecule has 0 radical (unpaired) electrons. The Labute approximate surface area is 131 Å². The number of ether oxygens (including phenoxy) is 2. The van der Waals surface area contributed by atoms with Gasteiger partial charge >= 0.3 is 0 Å². The van der Waals surface area contributed by atoms with Crippen molar-refractivity contribution < 1.29 is 9.47 Å². The largest absolute Gasteiger partial charge is 0.490 e. The molecule has 0 unspecified atom stereocenters. The Hall–Kier alpha value is -1.81. The van der Waals surface area contributed by atoms with Gasteiger partial charge in [0.25, 0.3) is 0 Å². The van der Waals surface area contributed by atoms with Crippen LogP contribution in [0.3, 0.4) is 0 Å². The third-order valence-corrected chi connectivity index (χ3v) is 3.35. The molecular formula is C15H13IN2O2. The monoisotopic (exact) mass is 380 g/mol. The number of halogens is 1. The van der Waals surface area contributed by atoms with Crippen molar-refractivity contribution in [1.29, 1.82) is 5.26 Å². The molecule has 5 heteroatoms. The second-order valence-electron chi connectivity index (χ2n) is 3.98. The highest BCUT2D eigenvalue weighted by molar-refractivity contribution is 14.1. The van der Waals surface area contributed by atoms with Crippen molar-refractivity contribution in [3.63, 3.8) is 0 Å². The summed E-state index contributed by atoms with van der Waals surface area (Å²) in [4.78, 5) is 4.05. The van der Waals surface area contributed by atoms with Crippen LogP contribution in [0, 0.1) is 14.9 Å². The topological polar surface area (TPSA) is 55.1 Å². The molecule has 102 valence electrons. The first kappa shape index (κ1) is 14.6. The quantitative estimate of drug-likeness (QED) is 0.745. The number of nitriles is 1. The van der Waals surface area contributed by atoms with E-state index in [0.29, 0.717) is 30.3 Å². The molecule has 0 atom stereocenters. The molecule has 0 N–H and O–H groups in total. The van der Waals surface area contributed by atoms with E-state index in [0.717, 1.165) is 9.13 Å². The Bertz CT molecular complexity index is 624. The van der Waals surface area contributed by atoms with Gasteiger partial charge in [-0.1, -0.05) is 6.07 Å². The van der Waals surface area contributed by atoms with Crippen LogP contribution in [-0.4, -0.2) is 11.6 Å². The summed E-state index contributed by atoms with van der Waals surface area (Å²) in [6.45, 7) is 2.83. The van der Waals surface area contributed by atoms with Crippen molar-refractivity contribution >= 4 is 22.6 Å². The number of benzene rings is 1. The van der Waals surface area contributed by atoms with E-state index in [1.807, 2.05) is 19.1 Å². The molecular weight excluding hydrogens is 367 g/mol. The molecule has 0 saturated carbocycles. The number of hydrogen-bond donors (Lipinski definition) is 0. The zero-order chi connectivity index (χ0) is 14.4. The van der Waals surface area contributed by atoms with Gasteiger partial charge in [0, 0.05) is 24.0 Å². The number of aromatic nitrogens is 1. The maximum atomic E-state index is 9.00. The van der Waals surface area contributed by atoms with E-state index in [4.69, 9.17) is 14.7 Å². The summed E-state index contributed by atoms with van der Waals surface area (Å²) in [6.07, 6.45) is 3.48. The van der Waals surface area contributed by atoms with Gasteiger partial charge in [0.2, 0.25) is 0 Å². The van der Waals surface area contributed by atoms with Crippen molar-refractivity contribution in [2.45, 2.75) is 13.5 Å². The van der Waals surface area contributed by atoms with Crippen molar-refractivity contribution in [3.05, 3.63) is 51.4 Å². The lowest BCUT2D eigenvalue weighted by Gasteiger charge is -2.14. The fourth-order valence-corrected chi connectivity index (χ4v) is 2.43. The predicted molar refractivity (Wildman–Crippen MR) is 83.6 cm³/mol. The maximum Gasteiger partial charge on any atom is 0.175 e. The Kier molecular flexibility index (Phi) is 5.18. The Morgan fingerprint density at radius 2 is 2.20 bits per heavy atom. The summed E-state index contributed by atoms with van der Waals surface area (Å²) in [6, 6.07) is 9.41. The van der Waals surface area contributed by atoms with Crippen LogP contribution in [0.25, 0.3) is 0 Å². The van der Waals surface area contributed by atoms with E-state index in [-0.39, 0.29) is 0 Å². The molecule has 0 bridgehead atoms. The van der Waals surface area contributed by atoms with E-state index in [2.05, 4.69) is 33.6 Å². The average Bonchev–Trinajstić information content (AvgIpc) is 2.47. The highest BCUT2D eigenvalue weighted by Crippen LogP contribution is 2.34. The normalized spacial score (nSPS) is 9.85. The van der Waals surface area contributed by atoms with Crippen LogP contribution in [0.2, 0.25) is 0 Å². The SMILES string of the molecule is CCOc1cc(C#N)cc(I)c1OCc1cccnc1. The number of pyridine rings is 1. The molecule has 0 fully saturated rings. The minimum Gasteiger partial charge on any atom is -0.490 e. The van der Waals surface area contributed by atoms with Gasteiger partial charge in [0.05, 0.1) is 21.8 Å². The molecule has 0 saturated heterocycles. The Balaban J connectivity index is 2.24. The van der Waals surface area contributed by atoms with Crippen LogP contribution in [0.1, 0.15) is 18.1 Å². The van der Waals surface area contributed by atoms with Gasteiger partial charge in [0.15, 0.2) is 11.5 Å². The van der Waals surface area contributed by atoms with Gasteiger partial charge in [-0.2, -0.15) is 5.26 Å². The first-order valence-corrected chi connectivity index (χ1v) is 7.20. The van der Waals surface area contributed by atoms with E-state index >= 15 is 0 Å². The lowest BCUT2D eigenvalue weighted by Crippen LogP contribution is -2.02. The molecule has 20 heavy (non-hydrogen) atoms. The van der Waals surface area contributed by atoms with Crippen molar-refractivity contribution in [2.24, 2.45) is 0 Å². The van der Waals surface area contributed by atoms with E-state index in [1.54, 1.807) is 24.5 Å². The third-order valence-electron chi connectivity index (χ3n) is 2.54. The number of rotatable bonds is 5. The molecule has 1 aromatic heterocycles. The second kappa shape index (κ2) is 7.10. The van der Waals surface area contributed by atoms with Crippen molar-refractivity contribution in [2.75, 3.05) is 6.61 Å². The average molecular weight is 380 g/mol. The van der Waals surface area contributed by atoms with E-state index in [9.17, 15) is 0 Å². The highest BCUT2D eigenvalue weighted by Gasteiger charge is 2.12. The van der Waals surface area contributed by atoms with Crippen molar-refractivity contribution in [3.8, 4) is 17.6 Å². The predicted octanol–water partition coefficient (Wildman–Crippen LogP) is 3.54. The molecule has 4 nitrogen and oxygen atoms in total. The van der Waals surface area contributed by atoms with E-state index in [1.165, 1.54) is 0 Å². The van der Waals surface area contributed by atoms with Gasteiger partial charge in [-0.3, -0.25) is 4.98 Å². The molecule has 0 aliphatic rings. The molecule has 0 spiro atoms. The first-order valence-electron chi connectivity index (χ1n) is 6.12. The van der Waals surface area contributed by atoms with Gasteiger partial charge in [-0.15, -0.1) is 0 Å². The maximum absolute atomic E-state index is 9.00. The summed E-state index contributed by atoms with van der Waals surface area (Å²) in [5, 5.41) is 9.00. The van der Waals surface area contributed by atoms with Gasteiger partial charge in [0.1, 0.15) is 6.61 Å². The number of hydrogen-bond acceptors (Lipinski definition) is 4. The zero-order valence-electron chi connectivity index (χ0n) is 11.0. The summed E-state index contributed by atoms with van der Waals surface area (Å²) >= 11 is 2.15. The summed E-state index contributed by atoms with van der Waals surface area (Å²) in [7, 11) is 0. The minimum atomic E-state index is 0.413. The first-order chi connectivity index (χ1) is 9.74. The molecule has 2 aromatic rings. The fourth-order valence-electron chi connectivity index (χ4n) is 1.67. The van der Waals surface area contributed by atoms with Crippen LogP contribution >= 0.6 is 22.6 Å². The number of nitrogens with zero attached hydrogens (tertiary/aromatic N) is 2. The van der Waals surface area contributed by atoms with Crippen LogP contribution in [-0.2, 0) is 6.61 Å². The summed E-state index contributed by atoms with van der Waals surface area (Å²) < 4.78 is 12.2. The van der Waals surface area contributed by atoms with Gasteiger partial charge in [-0.25, -0.2) is 0 Å². The second-order valence-corrected chi connectivity index (χ2v) is 5.14. The van der Waals surface area contributed by atoms with Crippen LogP contribution in [0.4, 0.5) is 0 Å².